The van der Waals surface area contributed by atoms with Crippen molar-refractivity contribution in [2.24, 2.45) is 0 Å². The number of hydrogen-bond acceptors (Lipinski definition) is 3. The molecule has 0 saturated heterocycles. The summed E-state index contributed by atoms with van der Waals surface area (Å²) in [6.07, 6.45) is 1.67. The number of ether oxygens (including phenoxy) is 3. The maximum atomic E-state index is 5.99. The molecule has 1 aliphatic rings. The highest BCUT2D eigenvalue weighted by Gasteiger charge is 2.38. The van der Waals surface area contributed by atoms with Crippen LogP contribution in [0.25, 0.3) is 0 Å². The highest BCUT2D eigenvalue weighted by molar-refractivity contribution is 5.42. The molecule has 0 bridgehead atoms. The monoisotopic (exact) mass is 236 g/mol. The summed E-state index contributed by atoms with van der Waals surface area (Å²) in [4.78, 5) is 0. The van der Waals surface area contributed by atoms with Crippen molar-refractivity contribution in [3.05, 3.63) is 29.3 Å². The molecule has 17 heavy (non-hydrogen) atoms. The lowest BCUT2D eigenvalue weighted by Gasteiger charge is -2.37. The van der Waals surface area contributed by atoms with E-state index in [1.165, 1.54) is 5.56 Å². The van der Waals surface area contributed by atoms with Crippen LogP contribution < -0.4 is 4.74 Å². The molecule has 0 saturated carbocycles. The van der Waals surface area contributed by atoms with Gasteiger partial charge in [0.15, 0.2) is 0 Å². The zero-order valence-corrected chi connectivity index (χ0v) is 10.8. The highest BCUT2D eigenvalue weighted by Crippen LogP contribution is 2.37. The van der Waals surface area contributed by atoms with Gasteiger partial charge in [-0.1, -0.05) is 18.2 Å². The van der Waals surface area contributed by atoms with E-state index in [0.29, 0.717) is 13.2 Å². The molecule has 0 spiro atoms. The Morgan fingerprint density at radius 2 is 1.94 bits per heavy atom. The van der Waals surface area contributed by atoms with E-state index in [1.807, 2.05) is 26.8 Å². The maximum absolute atomic E-state index is 5.99. The van der Waals surface area contributed by atoms with Crippen LogP contribution in [0.5, 0.6) is 5.75 Å². The first-order chi connectivity index (χ1) is 8.21. The molecule has 2 rings (SSSR count). The minimum atomic E-state index is -0.886. The molecule has 3 heteroatoms. The van der Waals surface area contributed by atoms with E-state index in [1.54, 1.807) is 0 Å². The summed E-state index contributed by atoms with van der Waals surface area (Å²) in [6.45, 7) is 7.13. The molecule has 1 aliphatic heterocycles. The first kappa shape index (κ1) is 12.4. The molecule has 0 amide bonds. The van der Waals surface area contributed by atoms with Gasteiger partial charge in [0, 0.05) is 6.42 Å². The predicted molar refractivity (Wildman–Crippen MR) is 66.1 cm³/mol. The fourth-order valence-electron chi connectivity index (χ4n) is 2.24. The van der Waals surface area contributed by atoms with Crippen LogP contribution in [0.15, 0.2) is 18.2 Å². The lowest BCUT2D eigenvalue weighted by molar-refractivity contribution is -0.347. The molecule has 0 aromatic heterocycles. The molecule has 0 atom stereocenters. The Balaban J connectivity index is 2.28. The lowest BCUT2D eigenvalue weighted by Crippen LogP contribution is -2.45. The van der Waals surface area contributed by atoms with Gasteiger partial charge < -0.3 is 14.2 Å². The van der Waals surface area contributed by atoms with Crippen LogP contribution in [-0.4, -0.2) is 19.2 Å². The van der Waals surface area contributed by atoms with Crippen LogP contribution in [0.2, 0.25) is 0 Å². The summed E-state index contributed by atoms with van der Waals surface area (Å²) in [5, 5.41) is 0. The number of rotatable bonds is 4. The van der Waals surface area contributed by atoms with E-state index in [4.69, 9.17) is 14.2 Å². The van der Waals surface area contributed by atoms with Crippen LogP contribution in [0.1, 0.15) is 31.4 Å². The number of benzene rings is 1. The summed E-state index contributed by atoms with van der Waals surface area (Å²) >= 11 is 0. The highest BCUT2D eigenvalue weighted by atomic mass is 16.9. The molecular weight excluding hydrogens is 216 g/mol. The Morgan fingerprint density at radius 3 is 2.59 bits per heavy atom. The van der Waals surface area contributed by atoms with Crippen LogP contribution in [0.3, 0.4) is 0 Å². The van der Waals surface area contributed by atoms with E-state index in [-0.39, 0.29) is 0 Å². The summed E-state index contributed by atoms with van der Waals surface area (Å²) in [7, 11) is 0. The second kappa shape index (κ2) is 5.07. The van der Waals surface area contributed by atoms with Crippen molar-refractivity contribution in [1.29, 1.82) is 0 Å². The largest absolute Gasteiger partial charge is 0.438 e. The van der Waals surface area contributed by atoms with Crippen molar-refractivity contribution in [2.75, 3.05) is 13.2 Å². The van der Waals surface area contributed by atoms with Gasteiger partial charge in [0.05, 0.1) is 13.2 Å². The smallest absolute Gasteiger partial charge is 0.327 e. The predicted octanol–water partition coefficient (Wildman–Crippen LogP) is 3.05. The molecule has 1 aromatic rings. The average Bonchev–Trinajstić information content (AvgIpc) is 2.31. The fourth-order valence-corrected chi connectivity index (χ4v) is 2.24. The van der Waals surface area contributed by atoms with E-state index >= 15 is 0 Å². The van der Waals surface area contributed by atoms with E-state index in [2.05, 4.69) is 12.1 Å². The van der Waals surface area contributed by atoms with Crippen molar-refractivity contribution in [1.82, 2.24) is 0 Å². The van der Waals surface area contributed by atoms with Crippen molar-refractivity contribution in [3.8, 4) is 5.75 Å². The van der Waals surface area contributed by atoms with Crippen LogP contribution in [-0.2, 0) is 15.9 Å². The maximum Gasteiger partial charge on any atom is 0.327 e. The fraction of sp³-hybridized carbons (Fsp3) is 0.571. The zero-order valence-electron chi connectivity index (χ0n) is 10.8. The zero-order chi connectivity index (χ0) is 12.3. The molecule has 0 fully saturated rings. The number of hydrogen-bond donors (Lipinski definition) is 0. The molecule has 1 heterocycles. The van der Waals surface area contributed by atoms with Gasteiger partial charge in [-0.25, -0.2) is 0 Å². The summed E-state index contributed by atoms with van der Waals surface area (Å²) in [6, 6.07) is 6.21. The molecule has 3 nitrogen and oxygen atoms in total. The Kier molecular flexibility index (Phi) is 3.69. The van der Waals surface area contributed by atoms with Gasteiger partial charge in [0.2, 0.25) is 0 Å². The van der Waals surface area contributed by atoms with Crippen LogP contribution >= 0.6 is 0 Å². The van der Waals surface area contributed by atoms with Crippen molar-refractivity contribution in [2.45, 2.75) is 39.6 Å². The molecule has 94 valence electrons. The molecular formula is C14H20O3. The summed E-state index contributed by atoms with van der Waals surface area (Å²) in [5.74, 6) is 0.0310. The first-order valence-electron chi connectivity index (χ1n) is 6.26. The van der Waals surface area contributed by atoms with Gasteiger partial charge in [-0.15, -0.1) is 0 Å². The van der Waals surface area contributed by atoms with E-state index in [0.717, 1.165) is 24.2 Å². The Labute approximate surface area is 103 Å². The number of aryl methyl sites for hydroxylation is 2. The molecule has 0 radical (unpaired) electrons. The minimum Gasteiger partial charge on any atom is -0.438 e. The van der Waals surface area contributed by atoms with Gasteiger partial charge >= 0.3 is 5.97 Å². The summed E-state index contributed by atoms with van der Waals surface area (Å²) in [5.41, 5.74) is 2.37. The van der Waals surface area contributed by atoms with Crippen LogP contribution in [0, 0.1) is 6.92 Å². The van der Waals surface area contributed by atoms with Crippen LogP contribution in [0.4, 0.5) is 0 Å². The minimum absolute atomic E-state index is 0.585. The Bertz CT molecular complexity index is 381. The average molecular weight is 236 g/mol. The standard InChI is InChI=1S/C14H20O3/c1-4-15-14(16-5-2)10-9-12-8-6-7-11(3)13(12)17-14/h6-8H,4-5,9-10H2,1-3H3. The summed E-state index contributed by atoms with van der Waals surface area (Å²) < 4.78 is 17.3. The van der Waals surface area contributed by atoms with E-state index in [9.17, 15) is 0 Å². The third-order valence-corrected chi connectivity index (χ3v) is 2.98. The normalized spacial score (nSPS) is 17.4. The van der Waals surface area contributed by atoms with E-state index < -0.39 is 5.97 Å². The van der Waals surface area contributed by atoms with Gasteiger partial charge in [-0.05, 0) is 38.3 Å². The molecule has 0 unspecified atom stereocenters. The topological polar surface area (TPSA) is 27.7 Å². The van der Waals surface area contributed by atoms with Gasteiger partial charge in [-0.3, -0.25) is 0 Å². The second-order valence-electron chi connectivity index (χ2n) is 4.21. The SMILES string of the molecule is CCOC1(OCC)CCc2cccc(C)c2O1. The third kappa shape index (κ3) is 2.45. The third-order valence-electron chi connectivity index (χ3n) is 2.98. The van der Waals surface area contributed by atoms with Crippen molar-refractivity contribution < 1.29 is 14.2 Å². The Morgan fingerprint density at radius 1 is 1.24 bits per heavy atom. The van der Waals surface area contributed by atoms with Gasteiger partial charge in [0.25, 0.3) is 0 Å². The van der Waals surface area contributed by atoms with Crippen molar-refractivity contribution in [3.63, 3.8) is 0 Å². The number of para-hydroxylation sites is 1. The van der Waals surface area contributed by atoms with Gasteiger partial charge in [-0.2, -0.15) is 0 Å². The molecule has 1 aromatic carbocycles. The lowest BCUT2D eigenvalue weighted by atomic mass is 10.0. The quantitative estimate of drug-likeness (QED) is 0.752. The molecule has 0 aliphatic carbocycles. The number of fused-ring (bicyclic) bond motifs is 1. The second-order valence-corrected chi connectivity index (χ2v) is 4.21. The Hall–Kier alpha value is -1.06. The van der Waals surface area contributed by atoms with Gasteiger partial charge in [0.1, 0.15) is 5.75 Å². The first-order valence-corrected chi connectivity index (χ1v) is 6.26. The molecule has 0 N–H and O–H groups in total. The van der Waals surface area contributed by atoms with Crippen molar-refractivity contribution >= 4 is 0 Å².